The monoisotopic (exact) mass is 444 g/mol. The number of aryl methyl sites for hydroxylation is 1. The Bertz CT molecular complexity index is 1580. The van der Waals surface area contributed by atoms with Crippen LogP contribution >= 0.6 is 0 Å². The predicted molar refractivity (Wildman–Crippen MR) is 121 cm³/mol. The largest absolute Gasteiger partial charge is 0.493 e. The number of fused-ring (bicyclic) bond motifs is 1. The molecule has 3 N–H and O–H groups in total. The van der Waals surface area contributed by atoms with Gasteiger partial charge in [0.05, 0.1) is 23.4 Å². The molecule has 0 bridgehead atoms. The summed E-state index contributed by atoms with van der Waals surface area (Å²) in [7, 11) is 0. The molecular formula is C23H20N6O4. The fourth-order valence-corrected chi connectivity index (χ4v) is 3.73. The molecule has 0 saturated carbocycles. The zero-order valence-corrected chi connectivity index (χ0v) is 17.9. The van der Waals surface area contributed by atoms with Crippen molar-refractivity contribution < 1.29 is 9.26 Å². The molecule has 0 amide bonds. The normalized spacial score (nSPS) is 11.2. The van der Waals surface area contributed by atoms with Crippen LogP contribution in [-0.4, -0.2) is 37.1 Å². The summed E-state index contributed by atoms with van der Waals surface area (Å²) in [6.45, 7) is 4.14. The van der Waals surface area contributed by atoms with Gasteiger partial charge in [-0.25, -0.2) is 20.0 Å². The molecule has 3 aromatic heterocycles. The van der Waals surface area contributed by atoms with E-state index < -0.39 is 0 Å². The third kappa shape index (κ3) is 3.82. The lowest BCUT2D eigenvalue weighted by Crippen LogP contribution is -2.10. The smallest absolute Gasteiger partial charge is 0.360 e. The summed E-state index contributed by atoms with van der Waals surface area (Å²) < 4.78 is 10.7. The zero-order valence-electron chi connectivity index (χ0n) is 17.9. The van der Waals surface area contributed by atoms with Gasteiger partial charge < -0.3 is 14.2 Å². The van der Waals surface area contributed by atoms with E-state index in [0.717, 1.165) is 22.4 Å². The van der Waals surface area contributed by atoms with E-state index >= 15 is 0 Å². The van der Waals surface area contributed by atoms with Gasteiger partial charge in [0.1, 0.15) is 11.6 Å². The number of aromatic nitrogens is 6. The summed E-state index contributed by atoms with van der Waals surface area (Å²) in [5.41, 5.74) is 4.56. The zero-order chi connectivity index (χ0) is 22.9. The van der Waals surface area contributed by atoms with Gasteiger partial charge in [-0.15, -0.1) is 5.10 Å². The van der Waals surface area contributed by atoms with Crippen LogP contribution in [-0.2, 0) is 6.42 Å². The fraction of sp³-hybridized carbons (Fsp3) is 0.174. The van der Waals surface area contributed by atoms with E-state index in [2.05, 4.69) is 30.5 Å². The molecule has 0 unspecified atom stereocenters. The van der Waals surface area contributed by atoms with Crippen molar-refractivity contribution >= 4 is 11.2 Å². The minimum Gasteiger partial charge on any atom is -0.493 e. The van der Waals surface area contributed by atoms with Crippen LogP contribution in [0.3, 0.4) is 0 Å². The maximum absolute atomic E-state index is 12.3. The second kappa shape index (κ2) is 8.23. The van der Waals surface area contributed by atoms with Crippen LogP contribution in [0.15, 0.2) is 56.6 Å². The van der Waals surface area contributed by atoms with Crippen LogP contribution in [0.25, 0.3) is 33.7 Å². The van der Waals surface area contributed by atoms with Crippen molar-refractivity contribution in [3.05, 3.63) is 80.1 Å². The highest BCUT2D eigenvalue weighted by Crippen LogP contribution is 2.33. The number of H-pyrrole nitrogens is 3. The van der Waals surface area contributed by atoms with Crippen LogP contribution in [0, 0.1) is 6.92 Å². The highest BCUT2D eigenvalue weighted by atomic mass is 16.5. The van der Waals surface area contributed by atoms with E-state index in [4.69, 9.17) is 9.26 Å². The molecule has 0 aliphatic carbocycles. The Morgan fingerprint density at radius 3 is 2.73 bits per heavy atom. The first-order chi connectivity index (χ1) is 16.0. The molecule has 5 rings (SSSR count). The van der Waals surface area contributed by atoms with Crippen LogP contribution in [0.1, 0.15) is 23.7 Å². The number of ether oxygens (including phenoxy) is 1. The number of nitrogens with zero attached hydrogens (tertiary/aromatic N) is 3. The molecule has 0 saturated heterocycles. The molecule has 166 valence electrons. The Morgan fingerprint density at radius 1 is 1.09 bits per heavy atom. The summed E-state index contributed by atoms with van der Waals surface area (Å²) in [5, 5.41) is 12.6. The molecule has 5 aromatic rings. The topological polar surface area (TPSA) is 143 Å². The minimum atomic E-state index is -0.382. The highest BCUT2D eigenvalue weighted by Gasteiger charge is 2.15. The van der Waals surface area contributed by atoms with E-state index in [9.17, 15) is 9.59 Å². The molecule has 0 fully saturated rings. The van der Waals surface area contributed by atoms with Gasteiger partial charge in [0.15, 0.2) is 11.2 Å². The van der Waals surface area contributed by atoms with E-state index in [1.807, 2.05) is 56.3 Å². The maximum Gasteiger partial charge on any atom is 0.360 e. The number of aromatic amines is 3. The Hall–Kier alpha value is -4.47. The molecule has 0 aliphatic rings. The van der Waals surface area contributed by atoms with Gasteiger partial charge in [0.25, 0.3) is 5.56 Å². The van der Waals surface area contributed by atoms with Crippen molar-refractivity contribution in [3.63, 3.8) is 0 Å². The number of hydrogen-bond acceptors (Lipinski definition) is 7. The van der Waals surface area contributed by atoms with Gasteiger partial charge >= 0.3 is 5.63 Å². The molecule has 33 heavy (non-hydrogen) atoms. The number of nitrogens with one attached hydrogen (secondary N) is 3. The van der Waals surface area contributed by atoms with Crippen LogP contribution < -0.4 is 15.9 Å². The molecule has 0 spiro atoms. The molecule has 0 atom stereocenters. The second-order valence-corrected chi connectivity index (χ2v) is 7.54. The first kappa shape index (κ1) is 20.4. The molecule has 0 aliphatic heterocycles. The number of rotatable bonds is 6. The molecule has 0 radical (unpaired) electrons. The van der Waals surface area contributed by atoms with Crippen molar-refractivity contribution in [2.45, 2.75) is 20.3 Å². The summed E-state index contributed by atoms with van der Waals surface area (Å²) in [6.07, 6.45) is 0.464. The molecule has 2 aromatic carbocycles. The minimum absolute atomic E-state index is 0.150. The van der Waals surface area contributed by atoms with E-state index in [-0.39, 0.29) is 16.7 Å². The van der Waals surface area contributed by atoms with E-state index in [1.165, 1.54) is 0 Å². The van der Waals surface area contributed by atoms with Crippen LogP contribution in [0.5, 0.6) is 5.75 Å². The third-order valence-corrected chi connectivity index (χ3v) is 5.37. The van der Waals surface area contributed by atoms with Crippen LogP contribution in [0.4, 0.5) is 0 Å². The van der Waals surface area contributed by atoms with Crippen molar-refractivity contribution in [1.29, 1.82) is 0 Å². The van der Waals surface area contributed by atoms with Gasteiger partial charge in [0.2, 0.25) is 0 Å². The van der Waals surface area contributed by atoms with Gasteiger partial charge in [-0.1, -0.05) is 35.5 Å². The Kier molecular flexibility index (Phi) is 5.09. The lowest BCUT2D eigenvalue weighted by Gasteiger charge is -2.12. The summed E-state index contributed by atoms with van der Waals surface area (Å²) in [6, 6.07) is 13.6. The van der Waals surface area contributed by atoms with Crippen molar-refractivity contribution in [1.82, 2.24) is 30.5 Å². The lowest BCUT2D eigenvalue weighted by molar-refractivity contribution is 0.341. The average Bonchev–Trinajstić information content (AvgIpc) is 3.42. The number of hydrogen-bond donors (Lipinski definition) is 3. The molecule has 3 heterocycles. The van der Waals surface area contributed by atoms with Gasteiger partial charge in [-0.3, -0.25) is 4.79 Å². The summed E-state index contributed by atoms with van der Waals surface area (Å²) in [4.78, 5) is 31.4. The Balaban J connectivity index is 1.54. The average molecular weight is 444 g/mol. The molecular weight excluding hydrogens is 424 g/mol. The first-order valence-corrected chi connectivity index (χ1v) is 10.4. The highest BCUT2D eigenvalue weighted by molar-refractivity contribution is 5.76. The van der Waals surface area contributed by atoms with Crippen molar-refractivity contribution in [2.75, 3.05) is 6.61 Å². The standard InChI is InChI=1S/C23H20N6O4/c1-3-32-18-11-15(7-8-16(18)20-24-21-19(22(30)25-20)26-29-27-21)14-6-4-5-13(9-14)10-17-12(2)28-33-23(17)31/h4-9,11,28H,3,10H2,1-2H3,(H2,24,25,26,27,29,30). The number of benzene rings is 2. The Morgan fingerprint density at radius 2 is 1.94 bits per heavy atom. The summed E-state index contributed by atoms with van der Waals surface area (Å²) >= 11 is 0. The van der Waals surface area contributed by atoms with Crippen molar-refractivity contribution in [2.24, 2.45) is 0 Å². The predicted octanol–water partition coefficient (Wildman–Crippen LogP) is 2.95. The Labute approximate surface area is 186 Å². The van der Waals surface area contributed by atoms with Crippen molar-refractivity contribution in [3.8, 4) is 28.3 Å². The van der Waals surface area contributed by atoms with Gasteiger partial charge in [-0.2, -0.15) is 0 Å². The SMILES string of the molecule is CCOc1cc(-c2cccc(Cc3c(C)[nH]oc3=O)c2)ccc1-c1nc2[nH]nnc2c(=O)[nH]1. The van der Waals surface area contributed by atoms with Gasteiger partial charge in [-0.05, 0) is 42.7 Å². The second-order valence-electron chi connectivity index (χ2n) is 7.54. The van der Waals surface area contributed by atoms with Gasteiger partial charge in [0, 0.05) is 6.42 Å². The lowest BCUT2D eigenvalue weighted by atomic mass is 9.98. The fourth-order valence-electron chi connectivity index (χ4n) is 3.73. The summed E-state index contributed by atoms with van der Waals surface area (Å²) in [5.74, 6) is 0.939. The quantitative estimate of drug-likeness (QED) is 0.365. The maximum atomic E-state index is 12.3. The third-order valence-electron chi connectivity index (χ3n) is 5.37. The molecule has 10 heteroatoms. The van der Waals surface area contributed by atoms with E-state index in [0.29, 0.717) is 41.4 Å². The van der Waals surface area contributed by atoms with E-state index in [1.54, 1.807) is 0 Å². The molecule has 10 nitrogen and oxygen atoms in total. The first-order valence-electron chi connectivity index (χ1n) is 10.4. The van der Waals surface area contributed by atoms with Crippen LogP contribution in [0.2, 0.25) is 0 Å².